The van der Waals surface area contributed by atoms with Gasteiger partial charge in [-0.3, -0.25) is 11.1 Å². The van der Waals surface area contributed by atoms with Gasteiger partial charge in [-0.05, 0) is 24.3 Å². The van der Waals surface area contributed by atoms with E-state index in [2.05, 4.69) is 0 Å². The normalized spacial score (nSPS) is 9.30. The Morgan fingerprint density at radius 1 is 1.30 bits per heavy atom. The van der Waals surface area contributed by atoms with Gasteiger partial charge >= 0.3 is 0 Å². The quantitative estimate of drug-likeness (QED) is 0.392. The summed E-state index contributed by atoms with van der Waals surface area (Å²) in [5.74, 6) is -0.0787. The van der Waals surface area contributed by atoms with Crippen LogP contribution in [-0.4, -0.2) is 5.84 Å². The van der Waals surface area contributed by atoms with Crippen molar-refractivity contribution in [2.75, 3.05) is 0 Å². The van der Waals surface area contributed by atoms with Gasteiger partial charge in [0.1, 0.15) is 5.82 Å². The van der Waals surface area contributed by atoms with Gasteiger partial charge in [-0.1, -0.05) is 0 Å². The van der Waals surface area contributed by atoms with Crippen molar-refractivity contribution >= 4 is 5.84 Å². The van der Waals surface area contributed by atoms with E-state index in [1.807, 2.05) is 0 Å². The highest BCUT2D eigenvalue weighted by Crippen LogP contribution is 1.99. The van der Waals surface area contributed by atoms with Gasteiger partial charge in [-0.2, -0.15) is 0 Å². The Morgan fingerprint density at radius 2 is 1.80 bits per heavy atom. The van der Waals surface area contributed by atoms with Crippen molar-refractivity contribution in [2.24, 2.45) is 5.73 Å². The highest BCUT2D eigenvalue weighted by atomic mass is 19.1. The van der Waals surface area contributed by atoms with Gasteiger partial charge in [0, 0.05) is 0 Å². The van der Waals surface area contributed by atoms with Crippen molar-refractivity contribution < 1.29 is 9.80 Å². The molecule has 0 saturated carbocycles. The molecule has 0 bridgehead atoms. The first-order valence-electron chi connectivity index (χ1n) is 2.84. The van der Waals surface area contributed by atoms with Crippen molar-refractivity contribution in [3.8, 4) is 0 Å². The summed E-state index contributed by atoms with van der Waals surface area (Å²) < 4.78 is 12.3. The predicted octanol–water partition coefficient (Wildman–Crippen LogP) is -0.710. The summed E-state index contributed by atoms with van der Waals surface area (Å²) in [5.41, 5.74) is 5.89. The first-order chi connectivity index (χ1) is 4.70. The fourth-order valence-corrected chi connectivity index (χ4v) is 0.642. The lowest BCUT2D eigenvalue weighted by Crippen LogP contribution is -2.46. The summed E-state index contributed by atoms with van der Waals surface area (Å²) in [5, 5.41) is 5.24. The predicted molar refractivity (Wildman–Crippen MR) is 36.6 cm³/mol. The SMILES string of the molecule is NC(=[NH2+])c1ccc(F)cc1. The minimum Gasteiger partial charge on any atom is -0.287 e. The molecule has 1 aromatic carbocycles. The van der Waals surface area contributed by atoms with E-state index in [9.17, 15) is 4.39 Å². The molecule has 4 N–H and O–H groups in total. The van der Waals surface area contributed by atoms with Gasteiger partial charge in [-0.15, -0.1) is 0 Å². The van der Waals surface area contributed by atoms with Gasteiger partial charge < -0.3 is 0 Å². The van der Waals surface area contributed by atoms with Gasteiger partial charge in [0.05, 0.1) is 5.56 Å². The number of rotatable bonds is 1. The van der Waals surface area contributed by atoms with Gasteiger partial charge in [0.15, 0.2) is 0 Å². The Kier molecular flexibility index (Phi) is 1.67. The molecule has 0 atom stereocenters. The molecule has 0 radical (unpaired) electrons. The number of halogens is 1. The molecule has 0 fully saturated rings. The first kappa shape index (κ1) is 6.74. The summed E-state index contributed by atoms with van der Waals surface area (Å²) in [7, 11) is 0. The molecule has 0 aromatic heterocycles. The van der Waals surface area contributed by atoms with Gasteiger partial charge in [-0.25, -0.2) is 4.39 Å². The molecule has 0 aliphatic carbocycles. The Bertz CT molecular complexity index is 240. The Labute approximate surface area is 58.0 Å². The van der Waals surface area contributed by atoms with E-state index in [-0.39, 0.29) is 11.7 Å². The van der Waals surface area contributed by atoms with E-state index in [0.29, 0.717) is 5.56 Å². The van der Waals surface area contributed by atoms with Crippen LogP contribution in [0.4, 0.5) is 4.39 Å². The minimum atomic E-state index is -0.287. The molecule has 2 nitrogen and oxygen atoms in total. The number of amidine groups is 1. The second kappa shape index (κ2) is 2.47. The average molecular weight is 139 g/mol. The highest BCUT2D eigenvalue weighted by Gasteiger charge is 1.98. The molecule has 0 spiro atoms. The van der Waals surface area contributed by atoms with Crippen LogP contribution in [0.2, 0.25) is 0 Å². The fourth-order valence-electron chi connectivity index (χ4n) is 0.642. The van der Waals surface area contributed by atoms with E-state index in [0.717, 1.165) is 0 Å². The van der Waals surface area contributed by atoms with E-state index in [1.54, 1.807) is 0 Å². The molecule has 0 saturated heterocycles. The lowest BCUT2D eigenvalue weighted by atomic mass is 10.2. The van der Waals surface area contributed by atoms with Crippen molar-refractivity contribution in [1.82, 2.24) is 0 Å². The van der Waals surface area contributed by atoms with Gasteiger partial charge in [0.25, 0.3) is 5.84 Å². The molecule has 0 aliphatic rings. The average Bonchev–Trinajstić information content (AvgIpc) is 1.88. The van der Waals surface area contributed by atoms with E-state index in [1.165, 1.54) is 24.3 Å². The van der Waals surface area contributed by atoms with Crippen LogP contribution in [0.3, 0.4) is 0 Å². The number of hydrogen-bond donors (Lipinski definition) is 2. The molecule has 0 heterocycles. The van der Waals surface area contributed by atoms with Crippen LogP contribution in [0, 0.1) is 5.82 Å². The van der Waals surface area contributed by atoms with E-state index >= 15 is 0 Å². The summed E-state index contributed by atoms with van der Waals surface area (Å²) in [4.78, 5) is 0. The second-order valence-corrected chi connectivity index (χ2v) is 1.96. The number of hydrogen-bond acceptors (Lipinski definition) is 0. The third-order valence-electron chi connectivity index (χ3n) is 1.18. The van der Waals surface area contributed by atoms with Gasteiger partial charge in [0.2, 0.25) is 0 Å². The molecule has 0 aliphatic heterocycles. The minimum absolute atomic E-state index is 0.208. The lowest BCUT2D eigenvalue weighted by Gasteiger charge is -1.90. The zero-order valence-corrected chi connectivity index (χ0v) is 5.34. The van der Waals surface area contributed by atoms with Crippen LogP contribution < -0.4 is 11.1 Å². The largest absolute Gasteiger partial charge is 0.287 e. The molecular formula is C7H8FN2+. The van der Waals surface area contributed by atoms with Crippen molar-refractivity contribution in [2.45, 2.75) is 0 Å². The standard InChI is InChI=1S/C7H7FN2/c8-6-3-1-5(2-4-6)7(9)10/h1-4H,(H3,9,10)/p+1. The molecule has 0 unspecified atom stereocenters. The molecule has 52 valence electrons. The van der Waals surface area contributed by atoms with Crippen LogP contribution in [0.15, 0.2) is 24.3 Å². The molecule has 1 aromatic rings. The maximum absolute atomic E-state index is 12.3. The Balaban J connectivity index is 3.00. The highest BCUT2D eigenvalue weighted by molar-refractivity contribution is 5.92. The van der Waals surface area contributed by atoms with Crippen molar-refractivity contribution in [1.29, 1.82) is 0 Å². The van der Waals surface area contributed by atoms with Crippen molar-refractivity contribution in [3.05, 3.63) is 35.6 Å². The van der Waals surface area contributed by atoms with Crippen LogP contribution in [0.1, 0.15) is 5.56 Å². The van der Waals surface area contributed by atoms with Crippen molar-refractivity contribution in [3.63, 3.8) is 0 Å². The zero-order valence-electron chi connectivity index (χ0n) is 5.34. The molecular weight excluding hydrogens is 131 g/mol. The maximum Gasteiger partial charge on any atom is 0.270 e. The molecule has 0 amide bonds. The first-order valence-corrected chi connectivity index (χ1v) is 2.84. The van der Waals surface area contributed by atoms with Crippen LogP contribution >= 0.6 is 0 Å². The number of benzene rings is 1. The fraction of sp³-hybridized carbons (Fsp3) is 0. The second-order valence-electron chi connectivity index (χ2n) is 1.96. The van der Waals surface area contributed by atoms with E-state index < -0.39 is 0 Å². The molecule has 3 heteroatoms. The summed E-state index contributed by atoms with van der Waals surface area (Å²) in [6.07, 6.45) is 0. The van der Waals surface area contributed by atoms with Crippen LogP contribution in [-0.2, 0) is 0 Å². The lowest BCUT2D eigenvalue weighted by molar-refractivity contribution is -0.114. The maximum atomic E-state index is 12.3. The molecule has 10 heavy (non-hydrogen) atoms. The third-order valence-corrected chi connectivity index (χ3v) is 1.18. The smallest absolute Gasteiger partial charge is 0.270 e. The van der Waals surface area contributed by atoms with Crippen LogP contribution in [0.25, 0.3) is 0 Å². The summed E-state index contributed by atoms with van der Waals surface area (Å²) in [6.45, 7) is 0. The summed E-state index contributed by atoms with van der Waals surface area (Å²) in [6, 6.07) is 5.69. The van der Waals surface area contributed by atoms with E-state index in [4.69, 9.17) is 11.1 Å². The molecule has 1 rings (SSSR count). The Morgan fingerprint density at radius 3 is 2.20 bits per heavy atom. The monoisotopic (exact) mass is 139 g/mol. The third kappa shape index (κ3) is 1.31. The zero-order chi connectivity index (χ0) is 7.56. The Hall–Kier alpha value is -1.38. The number of nitrogens with two attached hydrogens (primary N) is 2. The topological polar surface area (TPSA) is 51.6 Å². The van der Waals surface area contributed by atoms with Crippen LogP contribution in [0.5, 0.6) is 0 Å². The summed E-state index contributed by atoms with van der Waals surface area (Å²) >= 11 is 0.